The van der Waals surface area contributed by atoms with Gasteiger partial charge in [-0.15, -0.1) is 0 Å². The number of hydrogen-bond acceptors (Lipinski definition) is 2. The summed E-state index contributed by atoms with van der Waals surface area (Å²) in [6.45, 7) is 3.28. The molecule has 3 aromatic rings. The molecule has 4 rings (SSSR count). The van der Waals surface area contributed by atoms with Gasteiger partial charge >= 0.3 is 0 Å². The van der Waals surface area contributed by atoms with Crippen molar-refractivity contribution in [1.82, 2.24) is 14.9 Å². The van der Waals surface area contributed by atoms with Crippen LogP contribution in [0.25, 0.3) is 23.2 Å². The van der Waals surface area contributed by atoms with E-state index in [4.69, 9.17) is 0 Å². The van der Waals surface area contributed by atoms with E-state index in [0.717, 1.165) is 18.5 Å². The summed E-state index contributed by atoms with van der Waals surface area (Å²) in [7, 11) is 0. The van der Waals surface area contributed by atoms with Crippen molar-refractivity contribution < 1.29 is 0 Å². The number of rotatable bonds is 2. The van der Waals surface area contributed by atoms with Crippen LogP contribution in [0.1, 0.15) is 29.8 Å². The highest BCUT2D eigenvalue weighted by atomic mass is 15.0. The van der Waals surface area contributed by atoms with Gasteiger partial charge in [0, 0.05) is 48.7 Å². The Hall–Kier alpha value is -2.39. The molecule has 0 saturated carbocycles. The van der Waals surface area contributed by atoms with E-state index in [1.807, 2.05) is 12.3 Å². The molecule has 3 heterocycles. The first-order chi connectivity index (χ1) is 10.8. The quantitative estimate of drug-likeness (QED) is 0.776. The third-order valence-electron chi connectivity index (χ3n) is 4.40. The largest absolute Gasteiger partial charge is 0.320 e. The summed E-state index contributed by atoms with van der Waals surface area (Å²) < 4.78 is 2.34. The second-order valence-corrected chi connectivity index (χ2v) is 5.78. The minimum absolute atomic E-state index is 0.404. The van der Waals surface area contributed by atoms with E-state index >= 15 is 0 Å². The first-order valence-electron chi connectivity index (χ1n) is 7.78. The lowest BCUT2D eigenvalue weighted by Gasteiger charge is -2.22. The van der Waals surface area contributed by atoms with Crippen LogP contribution >= 0.6 is 0 Å². The number of hydrogen-bond donors (Lipinski definition) is 1. The van der Waals surface area contributed by atoms with Crippen LogP contribution in [-0.2, 0) is 6.42 Å². The van der Waals surface area contributed by atoms with Crippen molar-refractivity contribution in [1.29, 1.82) is 0 Å². The predicted molar refractivity (Wildman–Crippen MR) is 91.5 cm³/mol. The van der Waals surface area contributed by atoms with Gasteiger partial charge in [0.15, 0.2) is 0 Å². The minimum Gasteiger partial charge on any atom is -0.320 e. The average Bonchev–Trinajstić information content (AvgIpc) is 2.89. The Kier molecular flexibility index (Phi) is 3.28. The molecule has 0 amide bonds. The van der Waals surface area contributed by atoms with Crippen molar-refractivity contribution >= 4 is 23.2 Å². The van der Waals surface area contributed by atoms with Gasteiger partial charge in [-0.3, -0.25) is 4.98 Å². The van der Waals surface area contributed by atoms with Crippen LogP contribution < -0.4 is 5.32 Å². The molecule has 0 saturated heterocycles. The van der Waals surface area contributed by atoms with Crippen LogP contribution in [0, 0.1) is 0 Å². The van der Waals surface area contributed by atoms with E-state index in [-0.39, 0.29) is 0 Å². The topological polar surface area (TPSA) is 29.9 Å². The van der Waals surface area contributed by atoms with E-state index in [2.05, 4.69) is 64.4 Å². The van der Waals surface area contributed by atoms with Gasteiger partial charge in [-0.25, -0.2) is 0 Å². The van der Waals surface area contributed by atoms with E-state index in [9.17, 15) is 0 Å². The van der Waals surface area contributed by atoms with Gasteiger partial charge < -0.3 is 9.88 Å². The Labute approximate surface area is 130 Å². The van der Waals surface area contributed by atoms with Crippen molar-refractivity contribution in [2.75, 3.05) is 6.54 Å². The van der Waals surface area contributed by atoms with E-state index in [0.29, 0.717) is 6.04 Å². The molecule has 22 heavy (non-hydrogen) atoms. The number of nitrogens with one attached hydrogen (secondary N) is 1. The highest BCUT2D eigenvalue weighted by Crippen LogP contribution is 2.33. The molecular weight excluding hydrogens is 270 g/mol. The molecule has 0 spiro atoms. The van der Waals surface area contributed by atoms with Crippen molar-refractivity contribution in [2.45, 2.75) is 19.4 Å². The lowest BCUT2D eigenvalue weighted by atomic mass is 9.99. The summed E-state index contributed by atoms with van der Waals surface area (Å²) >= 11 is 0. The van der Waals surface area contributed by atoms with Crippen molar-refractivity contribution in [3.8, 4) is 0 Å². The molecule has 0 bridgehead atoms. The maximum absolute atomic E-state index is 4.18. The smallest absolute Gasteiger partial charge is 0.0528 e. The maximum atomic E-state index is 4.18. The zero-order valence-electron chi connectivity index (χ0n) is 12.7. The van der Waals surface area contributed by atoms with Crippen LogP contribution in [0.3, 0.4) is 0 Å². The van der Waals surface area contributed by atoms with E-state index in [1.54, 1.807) is 6.20 Å². The monoisotopic (exact) mass is 289 g/mol. The zero-order chi connectivity index (χ0) is 14.9. The summed E-state index contributed by atoms with van der Waals surface area (Å²) in [5, 5.41) is 4.92. The molecule has 0 radical (unpaired) electrons. The predicted octanol–water partition coefficient (Wildman–Crippen LogP) is 3.87. The fourth-order valence-electron chi connectivity index (χ4n) is 3.39. The summed E-state index contributed by atoms with van der Waals surface area (Å²) in [5.41, 5.74) is 5.27. The summed E-state index contributed by atoms with van der Waals surface area (Å²) in [5.74, 6) is 0. The Morgan fingerprint density at radius 2 is 2.14 bits per heavy atom. The summed E-state index contributed by atoms with van der Waals surface area (Å²) in [4.78, 5) is 4.18. The SMILES string of the molecule is CC1NCCc2c1c1ccccc1n2C=Cc1cccnc1. The Bertz CT molecular complexity index is 831. The molecule has 1 N–H and O–H groups in total. The third kappa shape index (κ3) is 2.14. The van der Waals surface area contributed by atoms with Gasteiger partial charge in [0.25, 0.3) is 0 Å². The van der Waals surface area contributed by atoms with Gasteiger partial charge in [0.05, 0.1) is 5.52 Å². The van der Waals surface area contributed by atoms with Crippen LogP contribution in [0.5, 0.6) is 0 Å². The number of fused-ring (bicyclic) bond motifs is 3. The molecule has 0 aliphatic carbocycles. The molecule has 110 valence electrons. The van der Waals surface area contributed by atoms with Crippen molar-refractivity contribution in [3.05, 3.63) is 65.6 Å². The minimum atomic E-state index is 0.404. The Morgan fingerprint density at radius 1 is 1.23 bits per heavy atom. The average molecular weight is 289 g/mol. The molecule has 1 atom stereocenters. The first-order valence-corrected chi connectivity index (χ1v) is 7.78. The van der Waals surface area contributed by atoms with Gasteiger partial charge in [-0.1, -0.05) is 24.3 Å². The summed E-state index contributed by atoms with van der Waals surface area (Å²) in [6, 6.07) is 13.1. The molecule has 1 aliphatic rings. The van der Waals surface area contributed by atoms with Crippen LogP contribution in [0.4, 0.5) is 0 Å². The Morgan fingerprint density at radius 3 is 3.00 bits per heavy atom. The van der Waals surface area contributed by atoms with Gasteiger partial charge in [0.1, 0.15) is 0 Å². The number of nitrogens with zero attached hydrogens (tertiary/aromatic N) is 2. The van der Waals surface area contributed by atoms with Gasteiger partial charge in [0.2, 0.25) is 0 Å². The highest BCUT2D eigenvalue weighted by Gasteiger charge is 2.23. The molecule has 3 heteroatoms. The van der Waals surface area contributed by atoms with E-state index in [1.165, 1.54) is 22.2 Å². The molecule has 0 fully saturated rings. The standard InChI is InChI=1S/C19H19N3/c1-14-19-16-6-2-3-7-17(16)22(18(19)8-11-21-14)12-9-15-5-4-10-20-13-15/h2-7,9-10,12-14,21H,8,11H2,1H3. The molecule has 1 aromatic carbocycles. The lowest BCUT2D eigenvalue weighted by molar-refractivity contribution is 0.537. The number of benzene rings is 1. The maximum Gasteiger partial charge on any atom is 0.0528 e. The van der Waals surface area contributed by atoms with Crippen LogP contribution in [0.15, 0.2) is 48.8 Å². The lowest BCUT2D eigenvalue weighted by Crippen LogP contribution is -2.28. The summed E-state index contributed by atoms with van der Waals surface area (Å²) in [6.07, 6.45) is 9.06. The Balaban J connectivity index is 1.89. The number of para-hydroxylation sites is 1. The zero-order valence-corrected chi connectivity index (χ0v) is 12.7. The molecule has 2 aromatic heterocycles. The van der Waals surface area contributed by atoms with Crippen molar-refractivity contribution in [2.24, 2.45) is 0 Å². The fourth-order valence-corrected chi connectivity index (χ4v) is 3.39. The van der Waals surface area contributed by atoms with Gasteiger partial charge in [-0.05, 0) is 36.3 Å². The molecule has 1 aliphatic heterocycles. The first kappa shape index (κ1) is 13.3. The normalized spacial score (nSPS) is 18.0. The number of aromatic nitrogens is 2. The van der Waals surface area contributed by atoms with Crippen molar-refractivity contribution in [3.63, 3.8) is 0 Å². The number of pyridine rings is 1. The van der Waals surface area contributed by atoms with Gasteiger partial charge in [-0.2, -0.15) is 0 Å². The highest BCUT2D eigenvalue weighted by molar-refractivity contribution is 5.89. The second-order valence-electron chi connectivity index (χ2n) is 5.78. The fraction of sp³-hybridized carbons (Fsp3) is 0.211. The molecule has 3 nitrogen and oxygen atoms in total. The van der Waals surface area contributed by atoms with Crippen LogP contribution in [0.2, 0.25) is 0 Å². The third-order valence-corrected chi connectivity index (χ3v) is 4.40. The van der Waals surface area contributed by atoms with E-state index < -0.39 is 0 Å². The molecule has 1 unspecified atom stereocenters. The molecular formula is C19H19N3. The van der Waals surface area contributed by atoms with Crippen LogP contribution in [-0.4, -0.2) is 16.1 Å². The second kappa shape index (κ2) is 5.43.